The Bertz CT molecular complexity index is 769. The number of allylic oxidation sites excluding steroid dienone is 2. The summed E-state index contributed by atoms with van der Waals surface area (Å²) in [4.78, 5) is 0. The molecule has 0 N–H and O–H groups in total. The van der Waals surface area contributed by atoms with Gasteiger partial charge in [-0.3, -0.25) is 0 Å². The summed E-state index contributed by atoms with van der Waals surface area (Å²) in [5, 5.41) is 1.59. The van der Waals surface area contributed by atoms with Crippen LogP contribution < -0.4 is 4.74 Å². The monoisotopic (exact) mass is 352 g/mol. The zero-order chi connectivity index (χ0) is 18.4. The molecule has 0 spiro atoms. The third-order valence-corrected chi connectivity index (χ3v) is 5.40. The Balaban J connectivity index is 1.73. The maximum absolute atomic E-state index is 15.1. The molecule has 1 saturated carbocycles. The van der Waals surface area contributed by atoms with Gasteiger partial charge in [0.1, 0.15) is 18.2 Å². The highest BCUT2D eigenvalue weighted by atomic mass is 19.1. The van der Waals surface area contributed by atoms with E-state index >= 15 is 4.39 Å². The Kier molecular flexibility index (Phi) is 6.49. The molecule has 0 atom stereocenters. The van der Waals surface area contributed by atoms with Crippen molar-refractivity contribution in [2.24, 2.45) is 5.92 Å². The summed E-state index contributed by atoms with van der Waals surface area (Å²) >= 11 is 0. The van der Waals surface area contributed by atoms with Crippen LogP contribution >= 0.6 is 0 Å². The van der Waals surface area contributed by atoms with Crippen molar-refractivity contribution in [3.05, 3.63) is 66.5 Å². The fraction of sp³-hybridized carbons (Fsp3) is 0.417. The second-order valence-corrected chi connectivity index (χ2v) is 7.28. The summed E-state index contributed by atoms with van der Waals surface area (Å²) in [6.45, 7) is 6.32. The van der Waals surface area contributed by atoms with E-state index in [0.29, 0.717) is 23.8 Å². The van der Waals surface area contributed by atoms with Crippen molar-refractivity contribution in [2.75, 3.05) is 6.61 Å². The molecule has 2 aromatic carbocycles. The molecule has 138 valence electrons. The number of rotatable bonds is 7. The van der Waals surface area contributed by atoms with Crippen molar-refractivity contribution >= 4 is 10.8 Å². The van der Waals surface area contributed by atoms with Gasteiger partial charge in [-0.2, -0.15) is 0 Å². The van der Waals surface area contributed by atoms with Crippen LogP contribution in [0.4, 0.5) is 4.39 Å². The molecule has 3 rings (SSSR count). The third kappa shape index (κ3) is 4.35. The highest BCUT2D eigenvalue weighted by Gasteiger charge is 2.24. The highest BCUT2D eigenvalue weighted by Crippen LogP contribution is 2.39. The van der Waals surface area contributed by atoms with Gasteiger partial charge in [0, 0.05) is 5.39 Å². The molecule has 0 heterocycles. The fourth-order valence-corrected chi connectivity index (χ4v) is 3.93. The van der Waals surface area contributed by atoms with Crippen LogP contribution in [-0.4, -0.2) is 6.61 Å². The van der Waals surface area contributed by atoms with Gasteiger partial charge in [0.15, 0.2) is 0 Å². The lowest BCUT2D eigenvalue weighted by atomic mass is 9.78. The van der Waals surface area contributed by atoms with E-state index in [2.05, 4.69) is 25.7 Å². The van der Waals surface area contributed by atoms with Crippen LogP contribution in [0, 0.1) is 11.7 Å². The topological polar surface area (TPSA) is 9.23 Å². The van der Waals surface area contributed by atoms with Crippen molar-refractivity contribution in [2.45, 2.75) is 51.4 Å². The van der Waals surface area contributed by atoms with Gasteiger partial charge < -0.3 is 4.74 Å². The van der Waals surface area contributed by atoms with Gasteiger partial charge in [-0.25, -0.2) is 4.39 Å². The maximum Gasteiger partial charge on any atom is 0.134 e. The van der Waals surface area contributed by atoms with Crippen molar-refractivity contribution in [3.8, 4) is 5.75 Å². The predicted octanol–water partition coefficient (Wildman–Crippen LogP) is 7.17. The Hall–Kier alpha value is -2.09. The van der Waals surface area contributed by atoms with E-state index in [1.54, 1.807) is 6.08 Å². The SMILES string of the molecule is C=CCOc1ccc2c(F)c(C3CCC(/C=C/CCC)CC3)ccc2c1. The summed E-state index contributed by atoms with van der Waals surface area (Å²) < 4.78 is 20.7. The van der Waals surface area contributed by atoms with E-state index in [0.717, 1.165) is 48.8 Å². The summed E-state index contributed by atoms with van der Waals surface area (Å²) in [5.74, 6) is 1.71. The highest BCUT2D eigenvalue weighted by molar-refractivity contribution is 5.85. The van der Waals surface area contributed by atoms with Gasteiger partial charge >= 0.3 is 0 Å². The van der Waals surface area contributed by atoms with Gasteiger partial charge in [-0.15, -0.1) is 0 Å². The largest absolute Gasteiger partial charge is 0.490 e. The Morgan fingerprint density at radius 2 is 1.96 bits per heavy atom. The number of halogens is 1. The zero-order valence-corrected chi connectivity index (χ0v) is 15.7. The number of benzene rings is 2. The van der Waals surface area contributed by atoms with Crippen molar-refractivity contribution in [3.63, 3.8) is 0 Å². The molecule has 0 radical (unpaired) electrons. The number of ether oxygens (including phenoxy) is 1. The minimum absolute atomic E-state index is 0.0530. The fourth-order valence-electron chi connectivity index (χ4n) is 3.93. The van der Waals surface area contributed by atoms with Gasteiger partial charge in [0.25, 0.3) is 0 Å². The average Bonchev–Trinajstić information content (AvgIpc) is 2.67. The Labute approximate surface area is 156 Å². The van der Waals surface area contributed by atoms with E-state index in [-0.39, 0.29) is 5.82 Å². The minimum atomic E-state index is -0.0530. The second kappa shape index (κ2) is 9.02. The van der Waals surface area contributed by atoms with Crippen molar-refractivity contribution in [1.82, 2.24) is 0 Å². The molecule has 1 aliphatic carbocycles. The lowest BCUT2D eigenvalue weighted by Gasteiger charge is -2.27. The molecule has 1 fully saturated rings. The summed E-state index contributed by atoms with van der Waals surface area (Å²) in [5.41, 5.74) is 0.883. The van der Waals surface area contributed by atoms with Crippen LogP contribution in [0.2, 0.25) is 0 Å². The number of hydrogen-bond donors (Lipinski definition) is 0. The molecule has 2 aromatic rings. The molecule has 0 aromatic heterocycles. The molecule has 0 saturated heterocycles. The van der Waals surface area contributed by atoms with Crippen LogP contribution in [-0.2, 0) is 0 Å². The lowest BCUT2D eigenvalue weighted by molar-refractivity contribution is 0.363. The van der Waals surface area contributed by atoms with Crippen LogP contribution in [0.3, 0.4) is 0 Å². The van der Waals surface area contributed by atoms with Crippen LogP contribution in [0.15, 0.2) is 55.1 Å². The zero-order valence-electron chi connectivity index (χ0n) is 15.7. The number of fused-ring (bicyclic) bond motifs is 1. The van der Waals surface area contributed by atoms with Crippen molar-refractivity contribution in [1.29, 1.82) is 0 Å². The van der Waals surface area contributed by atoms with Crippen LogP contribution in [0.25, 0.3) is 10.8 Å². The van der Waals surface area contributed by atoms with Gasteiger partial charge in [0.2, 0.25) is 0 Å². The standard InChI is InChI=1S/C24H29FO/c1-3-5-6-7-18-8-10-19(11-9-18)22-14-12-20-17-21(26-16-4-2)13-15-23(20)24(22)25/h4,6-7,12-15,17-19H,2-3,5,8-11,16H2,1H3/b7-6+. The first-order chi connectivity index (χ1) is 12.7. The van der Waals surface area contributed by atoms with Gasteiger partial charge in [-0.05, 0) is 73.1 Å². The smallest absolute Gasteiger partial charge is 0.134 e. The molecular formula is C24H29FO. The van der Waals surface area contributed by atoms with E-state index in [1.165, 1.54) is 6.42 Å². The summed E-state index contributed by atoms with van der Waals surface area (Å²) in [6, 6.07) is 9.59. The first-order valence-electron chi connectivity index (χ1n) is 9.85. The predicted molar refractivity (Wildman–Crippen MR) is 108 cm³/mol. The molecule has 26 heavy (non-hydrogen) atoms. The maximum atomic E-state index is 15.1. The Morgan fingerprint density at radius 1 is 1.15 bits per heavy atom. The van der Waals surface area contributed by atoms with E-state index < -0.39 is 0 Å². The molecule has 0 unspecified atom stereocenters. The van der Waals surface area contributed by atoms with E-state index in [9.17, 15) is 0 Å². The van der Waals surface area contributed by atoms with Gasteiger partial charge in [0.05, 0.1) is 0 Å². The number of hydrogen-bond acceptors (Lipinski definition) is 1. The van der Waals surface area contributed by atoms with Crippen LogP contribution in [0.1, 0.15) is 56.9 Å². The minimum Gasteiger partial charge on any atom is -0.490 e. The first kappa shape index (κ1) is 18.7. The molecule has 0 amide bonds. The molecule has 0 bridgehead atoms. The molecular weight excluding hydrogens is 323 g/mol. The quantitative estimate of drug-likeness (QED) is 0.480. The van der Waals surface area contributed by atoms with Gasteiger partial charge in [-0.1, -0.05) is 50.3 Å². The number of unbranched alkanes of at least 4 members (excludes halogenated alkanes) is 1. The first-order valence-corrected chi connectivity index (χ1v) is 9.85. The van der Waals surface area contributed by atoms with E-state index in [4.69, 9.17) is 4.74 Å². The molecule has 2 heteroatoms. The summed E-state index contributed by atoms with van der Waals surface area (Å²) in [7, 11) is 0. The molecule has 0 aliphatic heterocycles. The second-order valence-electron chi connectivity index (χ2n) is 7.28. The average molecular weight is 352 g/mol. The molecule has 1 aliphatic rings. The van der Waals surface area contributed by atoms with Crippen LogP contribution in [0.5, 0.6) is 5.75 Å². The van der Waals surface area contributed by atoms with Crippen molar-refractivity contribution < 1.29 is 9.13 Å². The molecule has 1 nitrogen and oxygen atoms in total. The normalized spacial score (nSPS) is 20.5. The van der Waals surface area contributed by atoms with E-state index in [1.807, 2.05) is 30.3 Å². The summed E-state index contributed by atoms with van der Waals surface area (Å²) in [6.07, 6.45) is 13.2. The Morgan fingerprint density at radius 3 is 2.69 bits per heavy atom. The third-order valence-electron chi connectivity index (χ3n) is 5.40. The lowest BCUT2D eigenvalue weighted by Crippen LogP contribution is -2.13.